The summed E-state index contributed by atoms with van der Waals surface area (Å²) < 4.78 is 40.8. The number of nitrogens with zero attached hydrogens (tertiary/aromatic N) is 6. The molecule has 0 unspecified atom stereocenters. The quantitative estimate of drug-likeness (QED) is 0.600. The number of carbonyl (C=O) groups is 1. The molecule has 5 rings (SSSR count). The minimum absolute atomic E-state index is 0.0429. The lowest BCUT2D eigenvalue weighted by molar-refractivity contribution is 0.0995. The molecule has 0 bridgehead atoms. The molecule has 2 aliphatic heterocycles. The average Bonchev–Trinajstić information content (AvgIpc) is 3.02. The molecule has 0 saturated carbocycles. The molecule has 0 radical (unpaired) electrons. The van der Waals surface area contributed by atoms with E-state index in [1.165, 1.54) is 22.5 Å². The Hall–Kier alpha value is -3.15. The number of benzene rings is 2. The molecular formula is C21H19FN6O3S. The van der Waals surface area contributed by atoms with Crippen molar-refractivity contribution in [1.29, 1.82) is 0 Å². The van der Waals surface area contributed by atoms with Crippen LogP contribution in [0.15, 0.2) is 57.6 Å². The van der Waals surface area contributed by atoms with Gasteiger partial charge in [0.15, 0.2) is 5.82 Å². The van der Waals surface area contributed by atoms with Gasteiger partial charge >= 0.3 is 0 Å². The molecule has 3 heterocycles. The van der Waals surface area contributed by atoms with Gasteiger partial charge in [-0.2, -0.15) is 4.31 Å². The molecule has 2 aromatic carbocycles. The molecule has 1 fully saturated rings. The number of azo groups is 1. The molecule has 2 aliphatic rings. The van der Waals surface area contributed by atoms with Crippen molar-refractivity contribution in [3.63, 3.8) is 0 Å². The van der Waals surface area contributed by atoms with Gasteiger partial charge in [0, 0.05) is 19.6 Å². The molecule has 32 heavy (non-hydrogen) atoms. The third-order valence-electron chi connectivity index (χ3n) is 5.56. The zero-order valence-corrected chi connectivity index (χ0v) is 17.8. The normalized spacial score (nSPS) is 17.6. The summed E-state index contributed by atoms with van der Waals surface area (Å²) in [6.45, 7) is 2.16. The third-order valence-corrected chi connectivity index (χ3v) is 7.46. The fourth-order valence-electron chi connectivity index (χ4n) is 4.00. The summed E-state index contributed by atoms with van der Waals surface area (Å²) in [4.78, 5) is 23.0. The van der Waals surface area contributed by atoms with E-state index in [0.717, 1.165) is 6.07 Å². The van der Waals surface area contributed by atoms with Crippen LogP contribution in [0.5, 0.6) is 0 Å². The third kappa shape index (κ3) is 3.78. The van der Waals surface area contributed by atoms with Crippen LogP contribution in [0.3, 0.4) is 0 Å². The minimum Gasteiger partial charge on any atom is -0.295 e. The Morgan fingerprint density at radius 1 is 0.969 bits per heavy atom. The Labute approximate surface area is 183 Å². The first-order chi connectivity index (χ1) is 15.4. The largest absolute Gasteiger partial charge is 0.296 e. The summed E-state index contributed by atoms with van der Waals surface area (Å²) in [6, 6.07) is 10.3. The van der Waals surface area contributed by atoms with Crippen LogP contribution in [0.4, 0.5) is 10.2 Å². The van der Waals surface area contributed by atoms with Gasteiger partial charge in [-0.1, -0.05) is 12.1 Å². The number of hydrogen-bond acceptors (Lipinski definition) is 7. The van der Waals surface area contributed by atoms with Crippen molar-refractivity contribution >= 4 is 32.7 Å². The topological polar surface area (TPSA) is 108 Å². The van der Waals surface area contributed by atoms with E-state index in [1.54, 1.807) is 18.2 Å². The molecule has 0 N–H and O–H groups in total. The Bertz CT molecular complexity index is 1360. The Morgan fingerprint density at radius 2 is 1.81 bits per heavy atom. The summed E-state index contributed by atoms with van der Waals surface area (Å²) >= 11 is 0. The highest BCUT2D eigenvalue weighted by Gasteiger charge is 2.28. The molecule has 9 nitrogen and oxygen atoms in total. The maximum Gasteiger partial charge on any atom is 0.296 e. The highest BCUT2D eigenvalue weighted by molar-refractivity contribution is 7.89. The smallest absolute Gasteiger partial charge is 0.295 e. The number of halogens is 1. The van der Waals surface area contributed by atoms with Crippen molar-refractivity contribution in [2.75, 3.05) is 26.2 Å². The van der Waals surface area contributed by atoms with Gasteiger partial charge in [0.25, 0.3) is 5.91 Å². The predicted molar refractivity (Wildman–Crippen MR) is 113 cm³/mol. The molecule has 1 amide bonds. The molecule has 0 aliphatic carbocycles. The standard InChI is InChI=1S/C21H19FN6O3S/c22-14-4-1-5-15(12-14)32(30,31)28-9-3-8-27(10-11-28)13-18-23-17-7-2-6-16-19(17)20(24-18)25-26-21(16)29/h1-2,4-7,12H,3,8-11,13H2. The lowest BCUT2D eigenvalue weighted by Gasteiger charge is -2.21. The van der Waals surface area contributed by atoms with E-state index in [2.05, 4.69) is 25.1 Å². The van der Waals surface area contributed by atoms with Crippen molar-refractivity contribution in [1.82, 2.24) is 19.2 Å². The summed E-state index contributed by atoms with van der Waals surface area (Å²) in [5, 5.41) is 8.19. The Kier molecular flexibility index (Phi) is 5.24. The number of hydrogen-bond donors (Lipinski definition) is 0. The Balaban J connectivity index is 1.34. The molecule has 0 spiro atoms. The zero-order valence-electron chi connectivity index (χ0n) is 17.0. The van der Waals surface area contributed by atoms with Crippen LogP contribution in [0.1, 0.15) is 22.6 Å². The second-order valence-electron chi connectivity index (χ2n) is 7.66. The average molecular weight is 454 g/mol. The molecule has 1 aromatic heterocycles. The second-order valence-corrected chi connectivity index (χ2v) is 9.60. The number of rotatable bonds is 4. The van der Waals surface area contributed by atoms with Crippen LogP contribution in [-0.4, -0.2) is 59.7 Å². The van der Waals surface area contributed by atoms with Crippen LogP contribution in [0, 0.1) is 5.82 Å². The van der Waals surface area contributed by atoms with E-state index in [0.29, 0.717) is 60.7 Å². The van der Waals surface area contributed by atoms with Crippen molar-refractivity contribution in [3.8, 4) is 0 Å². The SMILES string of the molecule is O=C1N=Nc2nc(CN3CCCN(S(=O)(=O)c4cccc(F)c4)CC3)nc3cccc1c23. The van der Waals surface area contributed by atoms with Gasteiger partial charge < -0.3 is 0 Å². The van der Waals surface area contributed by atoms with Gasteiger partial charge in [0.2, 0.25) is 10.0 Å². The molecule has 1 saturated heterocycles. The van der Waals surface area contributed by atoms with E-state index in [9.17, 15) is 17.6 Å². The predicted octanol–water partition coefficient (Wildman–Crippen LogP) is 2.90. The molecule has 3 aromatic rings. The van der Waals surface area contributed by atoms with Crippen molar-refractivity contribution < 1.29 is 17.6 Å². The summed E-state index contributed by atoms with van der Waals surface area (Å²) in [5.41, 5.74) is 1.06. The van der Waals surface area contributed by atoms with Gasteiger partial charge in [-0.25, -0.2) is 22.8 Å². The van der Waals surface area contributed by atoms with Crippen LogP contribution >= 0.6 is 0 Å². The van der Waals surface area contributed by atoms with Gasteiger partial charge in [0.1, 0.15) is 11.6 Å². The minimum atomic E-state index is -3.77. The first-order valence-electron chi connectivity index (χ1n) is 10.2. The fourth-order valence-corrected chi connectivity index (χ4v) is 5.50. The lowest BCUT2D eigenvalue weighted by atomic mass is 10.1. The van der Waals surface area contributed by atoms with Crippen molar-refractivity contribution in [3.05, 3.63) is 59.7 Å². The van der Waals surface area contributed by atoms with Gasteiger partial charge in [-0.3, -0.25) is 9.69 Å². The number of amides is 1. The zero-order chi connectivity index (χ0) is 22.3. The number of sulfonamides is 1. The van der Waals surface area contributed by atoms with Crippen molar-refractivity contribution in [2.45, 2.75) is 17.9 Å². The van der Waals surface area contributed by atoms with Gasteiger partial charge in [-0.15, -0.1) is 10.2 Å². The maximum atomic E-state index is 13.5. The van der Waals surface area contributed by atoms with E-state index < -0.39 is 21.7 Å². The van der Waals surface area contributed by atoms with E-state index in [4.69, 9.17) is 0 Å². The summed E-state index contributed by atoms with van der Waals surface area (Å²) in [7, 11) is -3.77. The van der Waals surface area contributed by atoms with E-state index in [1.807, 2.05) is 0 Å². The first kappa shape index (κ1) is 20.7. The molecule has 11 heteroatoms. The fraction of sp³-hybridized carbons (Fsp3) is 0.286. The molecule has 0 atom stereocenters. The number of aromatic nitrogens is 2. The number of carbonyl (C=O) groups excluding carboxylic acids is 1. The maximum absolute atomic E-state index is 13.5. The monoisotopic (exact) mass is 454 g/mol. The van der Waals surface area contributed by atoms with Gasteiger partial charge in [0.05, 0.1) is 27.9 Å². The lowest BCUT2D eigenvalue weighted by Crippen LogP contribution is -2.35. The highest BCUT2D eigenvalue weighted by Crippen LogP contribution is 2.31. The first-order valence-corrected chi connectivity index (χ1v) is 11.6. The molecule has 164 valence electrons. The summed E-state index contributed by atoms with van der Waals surface area (Å²) in [6.07, 6.45) is 0.618. The summed E-state index contributed by atoms with van der Waals surface area (Å²) in [5.74, 6) is -0.0989. The van der Waals surface area contributed by atoms with E-state index >= 15 is 0 Å². The Morgan fingerprint density at radius 3 is 2.66 bits per heavy atom. The molecular weight excluding hydrogens is 435 g/mol. The van der Waals surface area contributed by atoms with Crippen LogP contribution < -0.4 is 0 Å². The van der Waals surface area contributed by atoms with Crippen LogP contribution in [0.25, 0.3) is 10.9 Å². The van der Waals surface area contributed by atoms with Gasteiger partial charge in [-0.05, 0) is 43.3 Å². The second kappa shape index (κ2) is 8.08. The van der Waals surface area contributed by atoms with E-state index in [-0.39, 0.29) is 11.4 Å². The van der Waals surface area contributed by atoms with Crippen LogP contribution in [-0.2, 0) is 16.6 Å². The van der Waals surface area contributed by atoms with Crippen LogP contribution in [0.2, 0.25) is 0 Å². The highest BCUT2D eigenvalue weighted by atomic mass is 32.2. The van der Waals surface area contributed by atoms with Crippen molar-refractivity contribution in [2.24, 2.45) is 10.2 Å².